The van der Waals surface area contributed by atoms with Crippen molar-refractivity contribution >= 4 is 38.9 Å². The van der Waals surface area contributed by atoms with Gasteiger partial charge in [0, 0.05) is 22.3 Å². The lowest BCUT2D eigenvalue weighted by Crippen LogP contribution is -2.16. The Kier molecular flexibility index (Phi) is 5.01. The van der Waals surface area contributed by atoms with Crippen molar-refractivity contribution < 1.29 is 13.2 Å². The molecule has 0 aliphatic heterocycles. The van der Waals surface area contributed by atoms with Gasteiger partial charge in [-0.3, -0.25) is 9.52 Å². The van der Waals surface area contributed by atoms with Crippen molar-refractivity contribution in [3.63, 3.8) is 0 Å². The number of amides is 1. The first-order valence-corrected chi connectivity index (χ1v) is 10.1. The highest BCUT2D eigenvalue weighted by molar-refractivity contribution is 7.92. The lowest BCUT2D eigenvalue weighted by Gasteiger charge is -2.08. The van der Waals surface area contributed by atoms with Crippen LogP contribution >= 0.6 is 11.6 Å². The molecule has 2 aromatic carbocycles. The van der Waals surface area contributed by atoms with E-state index in [0.29, 0.717) is 16.4 Å². The maximum Gasteiger partial charge on any atom is 0.232 e. The minimum Gasteiger partial charge on any atom is -0.326 e. The van der Waals surface area contributed by atoms with Crippen molar-refractivity contribution in [2.24, 2.45) is 5.92 Å². The molecule has 1 saturated carbocycles. The molecule has 25 heavy (non-hydrogen) atoms. The van der Waals surface area contributed by atoms with Gasteiger partial charge < -0.3 is 5.32 Å². The zero-order valence-corrected chi connectivity index (χ0v) is 15.3. The number of anilines is 2. The molecule has 2 aromatic rings. The first kappa shape index (κ1) is 17.8. The maximum atomic E-state index is 12.3. The van der Waals surface area contributed by atoms with E-state index < -0.39 is 10.0 Å². The lowest BCUT2D eigenvalue weighted by atomic mass is 10.1. The predicted molar refractivity (Wildman–Crippen MR) is 100 cm³/mol. The van der Waals surface area contributed by atoms with E-state index in [1.807, 2.05) is 24.3 Å². The van der Waals surface area contributed by atoms with Gasteiger partial charge in [-0.1, -0.05) is 23.7 Å². The summed E-state index contributed by atoms with van der Waals surface area (Å²) >= 11 is 6.00. The van der Waals surface area contributed by atoms with E-state index in [1.54, 1.807) is 31.2 Å². The third kappa shape index (κ3) is 4.52. The first-order valence-electron chi connectivity index (χ1n) is 8.05. The topological polar surface area (TPSA) is 75.3 Å². The molecular weight excluding hydrogens is 360 g/mol. The second-order valence-corrected chi connectivity index (χ2v) is 8.52. The Morgan fingerprint density at radius 2 is 1.84 bits per heavy atom. The van der Waals surface area contributed by atoms with Crippen molar-refractivity contribution in [3.05, 3.63) is 59.1 Å². The largest absolute Gasteiger partial charge is 0.326 e. The van der Waals surface area contributed by atoms with E-state index in [1.165, 1.54) is 0 Å². The molecule has 1 fully saturated rings. The summed E-state index contributed by atoms with van der Waals surface area (Å²) in [5, 5.41) is 3.55. The maximum absolute atomic E-state index is 12.3. The van der Waals surface area contributed by atoms with Crippen molar-refractivity contribution in [1.82, 2.24) is 0 Å². The van der Waals surface area contributed by atoms with E-state index in [-0.39, 0.29) is 23.5 Å². The smallest absolute Gasteiger partial charge is 0.232 e. The van der Waals surface area contributed by atoms with E-state index in [4.69, 9.17) is 11.6 Å². The zero-order valence-electron chi connectivity index (χ0n) is 13.7. The van der Waals surface area contributed by atoms with Crippen LogP contribution in [0.15, 0.2) is 48.5 Å². The molecule has 0 radical (unpaired) electrons. The monoisotopic (exact) mass is 378 g/mol. The lowest BCUT2D eigenvalue weighted by molar-refractivity contribution is -0.117. The molecule has 1 aliphatic carbocycles. The number of hydrogen-bond donors (Lipinski definition) is 2. The van der Waals surface area contributed by atoms with Crippen molar-refractivity contribution in [2.75, 3.05) is 15.8 Å². The fourth-order valence-corrected chi connectivity index (χ4v) is 3.54. The molecule has 0 heterocycles. The van der Waals surface area contributed by atoms with Gasteiger partial charge in [0.2, 0.25) is 15.9 Å². The molecule has 1 aliphatic rings. The molecule has 0 bridgehead atoms. The molecule has 5 nitrogen and oxygen atoms in total. The average Bonchev–Trinajstić information content (AvgIpc) is 3.37. The standard InChI is InChI=1S/C18H19ClN2O3S/c1-2-25(23,24)21-15-8-6-14(7-9-15)20-18(22)17-11-16(17)12-4-3-5-13(19)10-12/h3-10,16-17,21H,2,11H2,1H3,(H,20,22). The number of carbonyl (C=O) groups is 1. The first-order chi connectivity index (χ1) is 11.9. The van der Waals surface area contributed by atoms with Gasteiger partial charge in [-0.15, -0.1) is 0 Å². The van der Waals surface area contributed by atoms with Crippen LogP contribution in [0, 0.1) is 5.92 Å². The second-order valence-electron chi connectivity index (χ2n) is 6.08. The molecule has 1 amide bonds. The molecule has 0 saturated heterocycles. The molecule has 132 valence electrons. The zero-order chi connectivity index (χ0) is 18.0. The normalized spacial score (nSPS) is 19.3. The number of nitrogens with one attached hydrogen (secondary N) is 2. The highest BCUT2D eigenvalue weighted by atomic mass is 35.5. The van der Waals surface area contributed by atoms with E-state index in [0.717, 1.165) is 12.0 Å². The molecule has 3 rings (SSSR count). The number of carbonyl (C=O) groups excluding carboxylic acids is 1. The molecule has 0 aromatic heterocycles. The van der Waals surface area contributed by atoms with Gasteiger partial charge in [0.1, 0.15) is 0 Å². The number of sulfonamides is 1. The van der Waals surface area contributed by atoms with Crippen LogP contribution in [-0.2, 0) is 14.8 Å². The summed E-state index contributed by atoms with van der Waals surface area (Å²) in [7, 11) is -3.30. The SMILES string of the molecule is CCS(=O)(=O)Nc1ccc(NC(=O)C2CC2c2cccc(Cl)c2)cc1. The molecular formula is C18H19ClN2O3S. The Balaban J connectivity index is 1.59. The highest BCUT2D eigenvalue weighted by Crippen LogP contribution is 2.48. The minimum atomic E-state index is -3.30. The fraction of sp³-hybridized carbons (Fsp3) is 0.278. The minimum absolute atomic E-state index is 0.0120. The van der Waals surface area contributed by atoms with Crippen molar-refractivity contribution in [3.8, 4) is 0 Å². The molecule has 2 unspecified atom stereocenters. The summed E-state index contributed by atoms with van der Waals surface area (Å²) in [5.74, 6) is 0.121. The average molecular weight is 379 g/mol. The molecule has 0 spiro atoms. The van der Waals surface area contributed by atoms with Gasteiger partial charge >= 0.3 is 0 Å². The number of benzene rings is 2. The Morgan fingerprint density at radius 1 is 1.16 bits per heavy atom. The van der Waals surface area contributed by atoms with E-state index in [2.05, 4.69) is 10.0 Å². The van der Waals surface area contributed by atoms with Crippen LogP contribution in [0.3, 0.4) is 0 Å². The highest BCUT2D eigenvalue weighted by Gasteiger charge is 2.43. The van der Waals surface area contributed by atoms with Crippen LogP contribution in [0.5, 0.6) is 0 Å². The van der Waals surface area contributed by atoms with Gasteiger partial charge in [0.05, 0.1) is 5.75 Å². The van der Waals surface area contributed by atoms with Crippen LogP contribution in [0.4, 0.5) is 11.4 Å². The summed E-state index contributed by atoms with van der Waals surface area (Å²) in [6.07, 6.45) is 0.806. The van der Waals surface area contributed by atoms with E-state index >= 15 is 0 Å². The molecule has 7 heteroatoms. The second kappa shape index (κ2) is 7.06. The van der Waals surface area contributed by atoms with Gasteiger partial charge in [0.15, 0.2) is 0 Å². The predicted octanol–water partition coefficient (Wildman–Crippen LogP) is 3.84. The fourth-order valence-electron chi connectivity index (χ4n) is 2.70. The Bertz CT molecular complexity index is 881. The summed E-state index contributed by atoms with van der Waals surface area (Å²) < 4.78 is 25.5. The van der Waals surface area contributed by atoms with Crippen LogP contribution in [-0.4, -0.2) is 20.1 Å². The van der Waals surface area contributed by atoms with Gasteiger partial charge in [0.25, 0.3) is 0 Å². The summed E-state index contributed by atoms with van der Waals surface area (Å²) in [6, 6.07) is 14.2. The van der Waals surface area contributed by atoms with Gasteiger partial charge in [-0.25, -0.2) is 8.42 Å². The molecule has 2 atom stereocenters. The quantitative estimate of drug-likeness (QED) is 0.801. The Labute approximate surface area is 152 Å². The summed E-state index contributed by atoms with van der Waals surface area (Å²) in [4.78, 5) is 12.3. The van der Waals surface area contributed by atoms with Crippen LogP contribution in [0.2, 0.25) is 5.02 Å². The summed E-state index contributed by atoms with van der Waals surface area (Å²) in [5.41, 5.74) is 2.20. The molecule has 2 N–H and O–H groups in total. The Morgan fingerprint density at radius 3 is 2.48 bits per heavy atom. The van der Waals surface area contributed by atoms with E-state index in [9.17, 15) is 13.2 Å². The van der Waals surface area contributed by atoms with Crippen LogP contribution < -0.4 is 10.0 Å². The third-order valence-electron chi connectivity index (χ3n) is 4.21. The van der Waals surface area contributed by atoms with Gasteiger partial charge in [-0.05, 0) is 61.2 Å². The summed E-state index contributed by atoms with van der Waals surface area (Å²) in [6.45, 7) is 1.57. The Hall–Kier alpha value is -2.05. The van der Waals surface area contributed by atoms with Crippen LogP contribution in [0.25, 0.3) is 0 Å². The van der Waals surface area contributed by atoms with Crippen molar-refractivity contribution in [2.45, 2.75) is 19.3 Å². The third-order valence-corrected chi connectivity index (χ3v) is 5.75. The van der Waals surface area contributed by atoms with Gasteiger partial charge in [-0.2, -0.15) is 0 Å². The van der Waals surface area contributed by atoms with Crippen LogP contribution in [0.1, 0.15) is 24.8 Å². The number of hydrogen-bond acceptors (Lipinski definition) is 3. The van der Waals surface area contributed by atoms with Crippen molar-refractivity contribution in [1.29, 1.82) is 0 Å². The number of rotatable bonds is 6. The number of halogens is 1.